The van der Waals surface area contributed by atoms with E-state index in [0.717, 1.165) is 17.9 Å². The van der Waals surface area contributed by atoms with Gasteiger partial charge in [0, 0.05) is 12.5 Å². The van der Waals surface area contributed by atoms with E-state index in [1.807, 2.05) is 0 Å². The van der Waals surface area contributed by atoms with Gasteiger partial charge in [0.25, 0.3) is 0 Å². The molecule has 0 aliphatic carbocycles. The third kappa shape index (κ3) is 4.53. The third-order valence-electron chi connectivity index (χ3n) is 2.82. The third-order valence-corrected chi connectivity index (χ3v) is 3.12. The summed E-state index contributed by atoms with van der Waals surface area (Å²) in [5.74, 6) is -0.734. The van der Waals surface area contributed by atoms with E-state index in [1.165, 1.54) is 12.1 Å². The van der Waals surface area contributed by atoms with Gasteiger partial charge >= 0.3 is 0 Å². The fourth-order valence-corrected chi connectivity index (χ4v) is 2.19. The number of hydrogen-bond acceptors (Lipinski definition) is 2. The van der Waals surface area contributed by atoms with Gasteiger partial charge in [0.05, 0.1) is 11.6 Å². The highest BCUT2D eigenvalue weighted by atomic mass is 35.5. The predicted molar refractivity (Wildman–Crippen MR) is 76.8 cm³/mol. The molecule has 2 aromatic carbocycles. The summed E-state index contributed by atoms with van der Waals surface area (Å²) < 4.78 is 31.6. The van der Waals surface area contributed by atoms with E-state index in [0.29, 0.717) is 29.2 Å². The number of carbonyl (C=O) groups is 1. The fraction of sp³-hybridized carbons (Fsp3) is 0.188. The number of carbonyl (C=O) groups excluding carboxylic acids is 1. The maximum atomic E-state index is 13.1. The highest BCUT2D eigenvalue weighted by Gasteiger charge is 2.06. The van der Waals surface area contributed by atoms with Crippen molar-refractivity contribution in [2.75, 3.05) is 6.61 Å². The van der Waals surface area contributed by atoms with Gasteiger partial charge in [0.1, 0.15) is 23.7 Å². The lowest BCUT2D eigenvalue weighted by molar-refractivity contribution is -0.108. The van der Waals surface area contributed by atoms with Crippen LogP contribution in [0.4, 0.5) is 8.78 Å². The molecule has 2 aromatic rings. The van der Waals surface area contributed by atoms with Crippen LogP contribution in [0.5, 0.6) is 5.75 Å². The Kier molecular flexibility index (Phi) is 5.28. The zero-order valence-corrected chi connectivity index (χ0v) is 11.9. The van der Waals surface area contributed by atoms with Gasteiger partial charge in [0.2, 0.25) is 0 Å². The van der Waals surface area contributed by atoms with E-state index in [4.69, 9.17) is 16.3 Å². The summed E-state index contributed by atoms with van der Waals surface area (Å²) >= 11 is 6.08. The second kappa shape index (κ2) is 7.18. The van der Waals surface area contributed by atoms with Crippen molar-refractivity contribution in [1.29, 1.82) is 0 Å². The average Bonchev–Trinajstić information content (AvgIpc) is 2.40. The molecule has 0 atom stereocenters. The van der Waals surface area contributed by atoms with E-state index in [9.17, 15) is 13.6 Å². The number of rotatable bonds is 6. The highest BCUT2D eigenvalue weighted by molar-refractivity contribution is 6.32. The van der Waals surface area contributed by atoms with Crippen molar-refractivity contribution in [2.45, 2.75) is 12.8 Å². The normalized spacial score (nSPS) is 10.4. The topological polar surface area (TPSA) is 26.3 Å². The van der Waals surface area contributed by atoms with Gasteiger partial charge in [-0.05, 0) is 41.8 Å². The molecule has 0 amide bonds. The molecule has 0 aliphatic rings. The summed E-state index contributed by atoms with van der Waals surface area (Å²) in [7, 11) is 0. The van der Waals surface area contributed by atoms with Gasteiger partial charge in [-0.1, -0.05) is 17.7 Å². The largest absolute Gasteiger partial charge is 0.492 e. The minimum Gasteiger partial charge on any atom is -0.492 e. The Balaban J connectivity index is 2.10. The number of benzene rings is 2. The number of ether oxygens (including phenoxy) is 1. The predicted octanol–water partition coefficient (Wildman–Crippen LogP) is 4.18. The molecule has 0 aliphatic heterocycles. The van der Waals surface area contributed by atoms with Gasteiger partial charge in [-0.25, -0.2) is 8.78 Å². The van der Waals surface area contributed by atoms with Gasteiger partial charge in [-0.2, -0.15) is 0 Å². The van der Waals surface area contributed by atoms with E-state index in [1.54, 1.807) is 18.2 Å². The fourth-order valence-electron chi connectivity index (χ4n) is 1.94. The van der Waals surface area contributed by atoms with Crippen LogP contribution in [-0.2, 0) is 11.2 Å². The molecule has 110 valence electrons. The molecule has 0 aromatic heterocycles. The molecular weight excluding hydrogens is 298 g/mol. The zero-order chi connectivity index (χ0) is 15.2. The van der Waals surface area contributed by atoms with Crippen LogP contribution in [0.3, 0.4) is 0 Å². The van der Waals surface area contributed by atoms with Crippen molar-refractivity contribution in [3.05, 3.63) is 64.2 Å². The van der Waals surface area contributed by atoms with Crippen LogP contribution >= 0.6 is 11.6 Å². The first-order valence-electron chi connectivity index (χ1n) is 6.38. The van der Waals surface area contributed by atoms with Crippen LogP contribution in [0.25, 0.3) is 0 Å². The second-order valence-electron chi connectivity index (χ2n) is 4.52. The SMILES string of the molecule is O=CCCOc1ccc(Cc2cc(F)cc(F)c2)cc1Cl. The molecule has 0 radical (unpaired) electrons. The summed E-state index contributed by atoms with van der Waals surface area (Å²) in [6.45, 7) is 0.262. The maximum Gasteiger partial charge on any atom is 0.137 e. The van der Waals surface area contributed by atoms with Crippen molar-refractivity contribution in [2.24, 2.45) is 0 Å². The molecule has 0 spiro atoms. The van der Waals surface area contributed by atoms with Crippen molar-refractivity contribution in [1.82, 2.24) is 0 Å². The summed E-state index contributed by atoms with van der Waals surface area (Å²) in [5, 5.41) is 0.398. The lowest BCUT2D eigenvalue weighted by Crippen LogP contribution is -1.99. The van der Waals surface area contributed by atoms with Crippen LogP contribution < -0.4 is 4.74 Å². The number of halogens is 3. The van der Waals surface area contributed by atoms with E-state index in [2.05, 4.69) is 0 Å². The quantitative estimate of drug-likeness (QED) is 0.591. The van der Waals surface area contributed by atoms with E-state index >= 15 is 0 Å². The van der Waals surface area contributed by atoms with Crippen LogP contribution in [0.2, 0.25) is 5.02 Å². The van der Waals surface area contributed by atoms with Gasteiger partial charge in [-0.15, -0.1) is 0 Å². The maximum absolute atomic E-state index is 13.1. The zero-order valence-electron chi connectivity index (χ0n) is 11.1. The Labute approximate surface area is 126 Å². The van der Waals surface area contributed by atoms with Crippen LogP contribution in [-0.4, -0.2) is 12.9 Å². The van der Waals surface area contributed by atoms with Crippen molar-refractivity contribution in [3.63, 3.8) is 0 Å². The molecule has 0 saturated carbocycles. The molecule has 21 heavy (non-hydrogen) atoms. The molecule has 2 rings (SSSR count). The lowest BCUT2D eigenvalue weighted by atomic mass is 10.0. The second-order valence-corrected chi connectivity index (χ2v) is 4.93. The monoisotopic (exact) mass is 310 g/mol. The molecular formula is C16H13ClF2O2. The van der Waals surface area contributed by atoms with Crippen LogP contribution in [0.1, 0.15) is 17.5 Å². The lowest BCUT2D eigenvalue weighted by Gasteiger charge is -2.09. The molecule has 0 heterocycles. The first-order valence-corrected chi connectivity index (χ1v) is 6.76. The first-order chi connectivity index (χ1) is 10.1. The Morgan fingerprint density at radius 3 is 2.38 bits per heavy atom. The minimum absolute atomic E-state index is 0.262. The Morgan fingerprint density at radius 2 is 1.76 bits per heavy atom. The van der Waals surface area contributed by atoms with E-state index in [-0.39, 0.29) is 6.61 Å². The van der Waals surface area contributed by atoms with Crippen LogP contribution in [0.15, 0.2) is 36.4 Å². The average molecular weight is 311 g/mol. The first kappa shape index (κ1) is 15.4. The number of aldehydes is 1. The molecule has 5 heteroatoms. The van der Waals surface area contributed by atoms with E-state index < -0.39 is 11.6 Å². The summed E-state index contributed by atoms with van der Waals surface area (Å²) in [4.78, 5) is 10.2. The Bertz CT molecular complexity index is 624. The van der Waals surface area contributed by atoms with Crippen molar-refractivity contribution in [3.8, 4) is 5.75 Å². The van der Waals surface area contributed by atoms with Crippen LogP contribution in [0, 0.1) is 11.6 Å². The van der Waals surface area contributed by atoms with Gasteiger partial charge < -0.3 is 9.53 Å². The molecule has 0 N–H and O–H groups in total. The molecule has 0 bridgehead atoms. The molecule has 0 saturated heterocycles. The summed E-state index contributed by atoms with van der Waals surface area (Å²) in [6, 6.07) is 8.53. The standard InChI is InChI=1S/C16H13ClF2O2/c17-15-9-11(2-3-16(15)21-5-1-4-20)6-12-7-13(18)10-14(19)8-12/h2-4,7-10H,1,5-6H2. The van der Waals surface area contributed by atoms with Crippen molar-refractivity contribution < 1.29 is 18.3 Å². The van der Waals surface area contributed by atoms with Crippen molar-refractivity contribution >= 4 is 17.9 Å². The Hall–Kier alpha value is -1.94. The molecule has 0 unspecified atom stereocenters. The minimum atomic E-state index is -0.607. The molecule has 0 fully saturated rings. The Morgan fingerprint density at radius 1 is 1.05 bits per heavy atom. The summed E-state index contributed by atoms with van der Waals surface area (Å²) in [6.07, 6.45) is 1.42. The smallest absolute Gasteiger partial charge is 0.137 e. The highest BCUT2D eigenvalue weighted by Crippen LogP contribution is 2.26. The number of hydrogen-bond donors (Lipinski definition) is 0. The van der Waals surface area contributed by atoms with Gasteiger partial charge in [0.15, 0.2) is 0 Å². The summed E-state index contributed by atoms with van der Waals surface area (Å²) in [5.41, 5.74) is 1.34. The van der Waals surface area contributed by atoms with Gasteiger partial charge in [-0.3, -0.25) is 0 Å². The molecule has 2 nitrogen and oxygen atoms in total.